The first-order valence-electron chi connectivity index (χ1n) is 6.99. The van der Waals surface area contributed by atoms with Crippen LogP contribution in [0.25, 0.3) is 0 Å². The number of amides is 1. The molecule has 2 rings (SSSR count). The third-order valence-corrected chi connectivity index (χ3v) is 3.78. The number of carbonyl (C=O) groups is 1. The van der Waals surface area contributed by atoms with Gasteiger partial charge in [0.2, 0.25) is 5.91 Å². The number of nitrogens with zero attached hydrogens (tertiary/aromatic N) is 2. The average Bonchev–Trinajstić information content (AvgIpc) is 2.89. The third kappa shape index (κ3) is 3.67. The molecule has 2 saturated heterocycles. The predicted molar refractivity (Wildman–Crippen MR) is 70.5 cm³/mol. The number of hydrogen-bond acceptors (Lipinski definition) is 4. The van der Waals surface area contributed by atoms with E-state index in [1.807, 2.05) is 11.8 Å². The standard InChI is InChI=1S/C13H25N3O2/c1-11(13(17)16-5-3-4-6-16)14-9-12-10-15(2)7-8-18-12/h11-12,14H,3-10H2,1-2H3/t11-,12+/m0/s1. The lowest BCUT2D eigenvalue weighted by Crippen LogP contribution is -2.50. The molecule has 0 aliphatic carbocycles. The van der Waals surface area contributed by atoms with Gasteiger partial charge in [0.1, 0.15) is 0 Å². The molecule has 0 spiro atoms. The summed E-state index contributed by atoms with van der Waals surface area (Å²) in [6.07, 6.45) is 2.50. The number of carbonyl (C=O) groups excluding carboxylic acids is 1. The van der Waals surface area contributed by atoms with Crippen molar-refractivity contribution in [2.24, 2.45) is 0 Å². The lowest BCUT2D eigenvalue weighted by atomic mass is 10.2. The van der Waals surface area contributed by atoms with E-state index in [-0.39, 0.29) is 18.1 Å². The number of hydrogen-bond donors (Lipinski definition) is 1. The van der Waals surface area contributed by atoms with Gasteiger partial charge in [0.25, 0.3) is 0 Å². The van der Waals surface area contributed by atoms with Crippen molar-refractivity contribution in [3.05, 3.63) is 0 Å². The summed E-state index contributed by atoms with van der Waals surface area (Å²) in [5, 5.41) is 3.31. The molecular formula is C13H25N3O2. The fourth-order valence-corrected chi connectivity index (χ4v) is 2.60. The average molecular weight is 255 g/mol. The van der Waals surface area contributed by atoms with Gasteiger partial charge in [-0.3, -0.25) is 4.79 Å². The number of morpholine rings is 1. The minimum absolute atomic E-state index is 0.0982. The first-order valence-corrected chi connectivity index (χ1v) is 6.99. The Morgan fingerprint density at radius 1 is 1.39 bits per heavy atom. The Morgan fingerprint density at radius 3 is 2.78 bits per heavy atom. The van der Waals surface area contributed by atoms with Gasteiger partial charge in [-0.25, -0.2) is 0 Å². The van der Waals surface area contributed by atoms with Crippen LogP contribution in [0.2, 0.25) is 0 Å². The van der Waals surface area contributed by atoms with Gasteiger partial charge in [-0.1, -0.05) is 0 Å². The largest absolute Gasteiger partial charge is 0.374 e. The zero-order valence-corrected chi connectivity index (χ0v) is 11.5. The van der Waals surface area contributed by atoms with Crippen LogP contribution in [0.4, 0.5) is 0 Å². The summed E-state index contributed by atoms with van der Waals surface area (Å²) in [7, 11) is 2.11. The van der Waals surface area contributed by atoms with Crippen molar-refractivity contribution < 1.29 is 9.53 Å². The highest BCUT2D eigenvalue weighted by molar-refractivity contribution is 5.81. The number of nitrogens with one attached hydrogen (secondary N) is 1. The molecule has 0 bridgehead atoms. The van der Waals surface area contributed by atoms with Gasteiger partial charge in [0.15, 0.2) is 0 Å². The quantitative estimate of drug-likeness (QED) is 0.763. The van der Waals surface area contributed by atoms with Crippen LogP contribution in [-0.2, 0) is 9.53 Å². The number of ether oxygens (including phenoxy) is 1. The van der Waals surface area contributed by atoms with Crippen molar-refractivity contribution in [2.45, 2.75) is 31.9 Å². The van der Waals surface area contributed by atoms with E-state index >= 15 is 0 Å². The van der Waals surface area contributed by atoms with Crippen molar-refractivity contribution in [3.63, 3.8) is 0 Å². The van der Waals surface area contributed by atoms with Gasteiger partial charge in [-0.05, 0) is 26.8 Å². The Balaban J connectivity index is 1.70. The van der Waals surface area contributed by atoms with E-state index in [1.165, 1.54) is 0 Å². The van der Waals surface area contributed by atoms with Gasteiger partial charge < -0.3 is 19.9 Å². The van der Waals surface area contributed by atoms with Crippen LogP contribution in [0.5, 0.6) is 0 Å². The molecule has 5 nitrogen and oxygen atoms in total. The molecule has 0 saturated carbocycles. The summed E-state index contributed by atoms with van der Waals surface area (Å²) < 4.78 is 5.67. The molecule has 1 amide bonds. The minimum atomic E-state index is -0.0982. The molecule has 0 aromatic carbocycles. The van der Waals surface area contributed by atoms with Crippen LogP contribution in [0, 0.1) is 0 Å². The SMILES string of the molecule is C[C@H](NC[C@@H]1CN(C)CCO1)C(=O)N1CCCC1. The fraction of sp³-hybridized carbons (Fsp3) is 0.923. The lowest BCUT2D eigenvalue weighted by Gasteiger charge is -2.31. The van der Waals surface area contributed by atoms with E-state index in [0.29, 0.717) is 0 Å². The molecule has 18 heavy (non-hydrogen) atoms. The van der Waals surface area contributed by atoms with E-state index in [9.17, 15) is 4.79 Å². The molecule has 2 heterocycles. The zero-order valence-electron chi connectivity index (χ0n) is 11.5. The molecule has 1 N–H and O–H groups in total. The Morgan fingerprint density at radius 2 is 2.11 bits per heavy atom. The van der Waals surface area contributed by atoms with E-state index in [0.717, 1.165) is 52.2 Å². The second kappa shape index (κ2) is 6.50. The van der Waals surface area contributed by atoms with E-state index in [2.05, 4.69) is 17.3 Å². The first kappa shape index (κ1) is 13.8. The van der Waals surface area contributed by atoms with Crippen LogP contribution in [0.3, 0.4) is 0 Å². The molecule has 0 radical (unpaired) electrons. The summed E-state index contributed by atoms with van der Waals surface area (Å²) in [5.41, 5.74) is 0. The van der Waals surface area contributed by atoms with Gasteiger partial charge in [0.05, 0.1) is 18.8 Å². The Labute approximate surface area is 109 Å². The van der Waals surface area contributed by atoms with Crippen LogP contribution >= 0.6 is 0 Å². The molecule has 2 fully saturated rings. The molecule has 0 aromatic rings. The number of rotatable bonds is 4. The third-order valence-electron chi connectivity index (χ3n) is 3.78. The van der Waals surface area contributed by atoms with Gasteiger partial charge >= 0.3 is 0 Å². The Hall–Kier alpha value is -0.650. The highest BCUT2D eigenvalue weighted by atomic mass is 16.5. The lowest BCUT2D eigenvalue weighted by molar-refractivity contribution is -0.132. The van der Waals surface area contributed by atoms with Gasteiger partial charge in [-0.2, -0.15) is 0 Å². The van der Waals surface area contributed by atoms with Crippen molar-refractivity contribution in [1.29, 1.82) is 0 Å². The topological polar surface area (TPSA) is 44.8 Å². The normalized spacial score (nSPS) is 27.4. The summed E-state index contributed by atoms with van der Waals surface area (Å²) in [4.78, 5) is 16.3. The van der Waals surface area contributed by atoms with Crippen molar-refractivity contribution in [1.82, 2.24) is 15.1 Å². The molecule has 2 aliphatic rings. The maximum absolute atomic E-state index is 12.1. The minimum Gasteiger partial charge on any atom is -0.374 e. The van der Waals surface area contributed by atoms with Crippen LogP contribution < -0.4 is 5.32 Å². The highest BCUT2D eigenvalue weighted by Gasteiger charge is 2.24. The summed E-state index contributed by atoms with van der Waals surface area (Å²) >= 11 is 0. The maximum Gasteiger partial charge on any atom is 0.239 e. The second-order valence-corrected chi connectivity index (χ2v) is 5.42. The molecular weight excluding hydrogens is 230 g/mol. The van der Waals surface area contributed by atoms with Crippen molar-refractivity contribution in [2.75, 3.05) is 46.4 Å². The van der Waals surface area contributed by atoms with Crippen molar-refractivity contribution in [3.8, 4) is 0 Å². The van der Waals surface area contributed by atoms with Crippen LogP contribution in [0.15, 0.2) is 0 Å². The highest BCUT2D eigenvalue weighted by Crippen LogP contribution is 2.09. The monoisotopic (exact) mass is 255 g/mol. The van der Waals surface area contributed by atoms with E-state index in [4.69, 9.17) is 4.74 Å². The van der Waals surface area contributed by atoms with Crippen LogP contribution in [-0.4, -0.2) is 74.2 Å². The second-order valence-electron chi connectivity index (χ2n) is 5.42. The van der Waals surface area contributed by atoms with E-state index < -0.39 is 0 Å². The molecule has 2 atom stereocenters. The number of likely N-dealkylation sites (N-methyl/N-ethyl adjacent to an activating group) is 1. The summed E-state index contributed by atoms with van der Waals surface area (Å²) in [6.45, 7) is 7.28. The molecule has 5 heteroatoms. The van der Waals surface area contributed by atoms with Crippen molar-refractivity contribution >= 4 is 5.91 Å². The zero-order chi connectivity index (χ0) is 13.0. The first-order chi connectivity index (χ1) is 8.66. The fourth-order valence-electron chi connectivity index (χ4n) is 2.60. The smallest absolute Gasteiger partial charge is 0.239 e. The van der Waals surface area contributed by atoms with E-state index in [1.54, 1.807) is 0 Å². The van der Waals surface area contributed by atoms with Crippen LogP contribution in [0.1, 0.15) is 19.8 Å². The summed E-state index contributed by atoms with van der Waals surface area (Å²) in [5.74, 6) is 0.233. The molecule has 0 aromatic heterocycles. The molecule has 0 unspecified atom stereocenters. The molecule has 2 aliphatic heterocycles. The molecule has 104 valence electrons. The Bertz CT molecular complexity index is 279. The number of likely N-dealkylation sites (tertiary alicyclic amines) is 1. The maximum atomic E-state index is 12.1. The van der Waals surface area contributed by atoms with Gasteiger partial charge in [0, 0.05) is 32.7 Å². The van der Waals surface area contributed by atoms with Gasteiger partial charge in [-0.15, -0.1) is 0 Å². The predicted octanol–water partition coefficient (Wildman–Crippen LogP) is -0.0825. The summed E-state index contributed by atoms with van der Waals surface area (Å²) in [6, 6.07) is -0.0982. The Kier molecular flexibility index (Phi) is 4.97.